The molecule has 3 N–H and O–H groups in total. The van der Waals surface area contributed by atoms with E-state index in [0.29, 0.717) is 6.54 Å². The van der Waals surface area contributed by atoms with Crippen molar-refractivity contribution in [2.45, 2.75) is 31.7 Å². The molecule has 0 fully saturated rings. The van der Waals surface area contributed by atoms with Crippen molar-refractivity contribution in [3.8, 4) is 0 Å². The minimum Gasteiger partial charge on any atom is -0.455 e. The number of likely N-dealkylation sites (N-methyl/N-ethyl adjacent to an activating group) is 1. The van der Waals surface area contributed by atoms with Gasteiger partial charge in [-0.3, -0.25) is 14.4 Å². The Kier molecular flexibility index (Phi) is 8.20. The number of esters is 1. The van der Waals surface area contributed by atoms with E-state index < -0.39 is 41.1 Å². The number of ether oxygens (including phenoxy) is 1. The molecule has 0 spiro atoms. The van der Waals surface area contributed by atoms with Crippen LogP contribution >= 0.6 is 0 Å². The zero-order valence-electron chi connectivity index (χ0n) is 14.9. The average Bonchev–Trinajstić information content (AvgIpc) is 2.58. The van der Waals surface area contributed by atoms with E-state index in [1.165, 1.54) is 19.1 Å². The Hall–Kier alpha value is -2.46. The highest BCUT2D eigenvalue weighted by atomic mass is 32.2. The van der Waals surface area contributed by atoms with E-state index in [0.717, 1.165) is 5.56 Å². The molecular weight excluding hydrogens is 362 g/mol. The van der Waals surface area contributed by atoms with Gasteiger partial charge in [-0.15, -0.1) is 0 Å². The van der Waals surface area contributed by atoms with Crippen molar-refractivity contribution in [1.29, 1.82) is 0 Å². The summed E-state index contributed by atoms with van der Waals surface area (Å²) < 4.78 is 30.8. The van der Waals surface area contributed by atoms with E-state index in [2.05, 4.69) is 20.1 Å². The Labute approximate surface area is 152 Å². The van der Waals surface area contributed by atoms with Crippen molar-refractivity contribution in [2.24, 2.45) is 0 Å². The van der Waals surface area contributed by atoms with Crippen LogP contribution in [0.3, 0.4) is 0 Å². The van der Waals surface area contributed by atoms with Crippen LogP contribution in [0.1, 0.15) is 19.4 Å². The Morgan fingerprint density at radius 3 is 2.35 bits per heavy atom. The summed E-state index contributed by atoms with van der Waals surface area (Å²) in [5.41, 5.74) is 0.899. The first-order valence-corrected chi connectivity index (χ1v) is 9.43. The predicted octanol–water partition coefficient (Wildman–Crippen LogP) is -0.543. The second-order valence-electron chi connectivity index (χ2n) is 5.48. The zero-order valence-corrected chi connectivity index (χ0v) is 15.7. The summed E-state index contributed by atoms with van der Waals surface area (Å²) in [7, 11) is -3.85. The summed E-state index contributed by atoms with van der Waals surface area (Å²) in [4.78, 5) is 34.7. The lowest BCUT2D eigenvalue weighted by Crippen LogP contribution is -2.46. The molecule has 0 heterocycles. The van der Waals surface area contributed by atoms with Crippen molar-refractivity contribution in [3.63, 3.8) is 0 Å². The van der Waals surface area contributed by atoms with Crippen LogP contribution < -0.4 is 15.4 Å². The number of sulfonamides is 1. The normalized spacial score (nSPS) is 12.1. The average molecular weight is 385 g/mol. The van der Waals surface area contributed by atoms with Crippen LogP contribution in [0.4, 0.5) is 0 Å². The van der Waals surface area contributed by atoms with E-state index in [1.54, 1.807) is 19.1 Å². The van der Waals surface area contributed by atoms with Gasteiger partial charge in [-0.25, -0.2) is 8.42 Å². The van der Waals surface area contributed by atoms with Crippen molar-refractivity contribution in [1.82, 2.24) is 15.4 Å². The van der Waals surface area contributed by atoms with Crippen molar-refractivity contribution >= 4 is 27.8 Å². The van der Waals surface area contributed by atoms with Gasteiger partial charge in [0, 0.05) is 6.54 Å². The summed E-state index contributed by atoms with van der Waals surface area (Å²) in [5.74, 6) is -1.95. The van der Waals surface area contributed by atoms with Crippen LogP contribution in [0.25, 0.3) is 0 Å². The first kappa shape index (κ1) is 21.6. The van der Waals surface area contributed by atoms with Gasteiger partial charge in [0.25, 0.3) is 5.91 Å². The molecule has 0 saturated carbocycles. The van der Waals surface area contributed by atoms with Crippen LogP contribution in [0, 0.1) is 6.92 Å². The highest BCUT2D eigenvalue weighted by Gasteiger charge is 2.18. The maximum atomic E-state index is 12.0. The van der Waals surface area contributed by atoms with Crippen LogP contribution in [0.15, 0.2) is 29.2 Å². The Morgan fingerprint density at radius 2 is 1.77 bits per heavy atom. The minimum absolute atomic E-state index is 0.0180. The molecule has 0 unspecified atom stereocenters. The fourth-order valence-electron chi connectivity index (χ4n) is 1.83. The highest BCUT2D eigenvalue weighted by Crippen LogP contribution is 2.09. The molecule has 1 aromatic rings. The molecule has 144 valence electrons. The van der Waals surface area contributed by atoms with E-state index in [-0.39, 0.29) is 10.8 Å². The second kappa shape index (κ2) is 9.88. The Balaban J connectivity index is 2.41. The van der Waals surface area contributed by atoms with Gasteiger partial charge < -0.3 is 15.4 Å². The molecule has 1 atom stereocenters. The van der Waals surface area contributed by atoms with E-state index in [4.69, 9.17) is 0 Å². The third-order valence-corrected chi connectivity index (χ3v) is 4.64. The van der Waals surface area contributed by atoms with Crippen LogP contribution in [-0.4, -0.2) is 51.9 Å². The maximum Gasteiger partial charge on any atom is 0.321 e. The number of aryl methyl sites for hydroxylation is 1. The summed E-state index contributed by atoms with van der Waals surface area (Å²) >= 11 is 0. The van der Waals surface area contributed by atoms with Crippen molar-refractivity contribution in [3.05, 3.63) is 29.8 Å². The fourth-order valence-corrected chi connectivity index (χ4v) is 2.80. The molecule has 0 aromatic heterocycles. The molecule has 9 nitrogen and oxygen atoms in total. The van der Waals surface area contributed by atoms with Crippen LogP contribution in [-0.2, 0) is 29.1 Å². The first-order chi connectivity index (χ1) is 12.2. The molecule has 0 saturated heterocycles. The summed E-state index contributed by atoms with van der Waals surface area (Å²) in [6.45, 7) is 4.24. The monoisotopic (exact) mass is 385 g/mol. The molecule has 0 aliphatic heterocycles. The summed E-state index contributed by atoms with van der Waals surface area (Å²) in [6.07, 6.45) is 0. The molecule has 0 aliphatic carbocycles. The lowest BCUT2D eigenvalue weighted by molar-refractivity contribution is -0.147. The molecule has 2 amide bonds. The summed E-state index contributed by atoms with van der Waals surface area (Å²) in [6, 6.07) is 5.32. The number of hydrogen-bond acceptors (Lipinski definition) is 6. The fraction of sp³-hybridized carbons (Fsp3) is 0.438. The highest BCUT2D eigenvalue weighted by molar-refractivity contribution is 7.89. The van der Waals surface area contributed by atoms with E-state index >= 15 is 0 Å². The van der Waals surface area contributed by atoms with Gasteiger partial charge in [0.15, 0.2) is 6.61 Å². The second-order valence-corrected chi connectivity index (χ2v) is 7.25. The number of hydrogen-bond donors (Lipinski definition) is 3. The number of rotatable bonds is 9. The zero-order chi connectivity index (χ0) is 19.7. The standard InChI is InChI=1S/C16H23N3O6S/c1-4-17-16(22)12(3)19-14(20)10-25-15(21)9-18-26(23,24)13-7-5-11(2)6-8-13/h5-8,12,18H,4,9-10H2,1-3H3,(H,17,22)(H,19,20)/t12-/m1/s1. The number of benzene rings is 1. The maximum absolute atomic E-state index is 12.0. The van der Waals surface area contributed by atoms with Gasteiger partial charge in [-0.05, 0) is 32.9 Å². The molecule has 1 aromatic carbocycles. The Morgan fingerprint density at radius 1 is 1.15 bits per heavy atom. The van der Waals surface area contributed by atoms with Gasteiger partial charge in [-0.1, -0.05) is 17.7 Å². The smallest absolute Gasteiger partial charge is 0.321 e. The topological polar surface area (TPSA) is 131 Å². The third-order valence-electron chi connectivity index (χ3n) is 3.22. The molecule has 26 heavy (non-hydrogen) atoms. The predicted molar refractivity (Wildman–Crippen MR) is 93.6 cm³/mol. The van der Waals surface area contributed by atoms with E-state index in [1.807, 2.05) is 6.92 Å². The SMILES string of the molecule is CCNC(=O)[C@@H](C)NC(=O)COC(=O)CNS(=O)(=O)c1ccc(C)cc1. The van der Waals surface area contributed by atoms with Crippen molar-refractivity contribution < 1.29 is 27.5 Å². The van der Waals surface area contributed by atoms with Gasteiger partial charge in [0.05, 0.1) is 4.90 Å². The number of carbonyl (C=O) groups is 3. The molecule has 1 rings (SSSR count). The largest absolute Gasteiger partial charge is 0.455 e. The third kappa shape index (κ3) is 7.19. The number of amides is 2. The molecule has 0 radical (unpaired) electrons. The molecule has 0 bridgehead atoms. The van der Waals surface area contributed by atoms with Crippen molar-refractivity contribution in [2.75, 3.05) is 19.7 Å². The van der Waals surface area contributed by atoms with Gasteiger partial charge >= 0.3 is 5.97 Å². The number of nitrogens with one attached hydrogen (secondary N) is 3. The van der Waals surface area contributed by atoms with Crippen LogP contribution in [0.2, 0.25) is 0 Å². The quantitative estimate of drug-likeness (QED) is 0.489. The Bertz CT molecular complexity index is 746. The van der Waals surface area contributed by atoms with Gasteiger partial charge in [-0.2, -0.15) is 4.72 Å². The van der Waals surface area contributed by atoms with Gasteiger partial charge in [0.2, 0.25) is 15.9 Å². The number of carbonyl (C=O) groups excluding carboxylic acids is 3. The first-order valence-electron chi connectivity index (χ1n) is 7.94. The van der Waals surface area contributed by atoms with Crippen LogP contribution in [0.5, 0.6) is 0 Å². The van der Waals surface area contributed by atoms with Gasteiger partial charge in [0.1, 0.15) is 12.6 Å². The van der Waals surface area contributed by atoms with E-state index in [9.17, 15) is 22.8 Å². The summed E-state index contributed by atoms with van der Waals surface area (Å²) in [5, 5.41) is 4.89. The molecule has 0 aliphatic rings. The lowest BCUT2D eigenvalue weighted by atomic mass is 10.2. The lowest BCUT2D eigenvalue weighted by Gasteiger charge is -2.13. The minimum atomic E-state index is -3.85. The molecule has 10 heteroatoms. The molecular formula is C16H23N3O6S.